The topological polar surface area (TPSA) is 564 Å². The van der Waals surface area contributed by atoms with Gasteiger partial charge in [0.2, 0.25) is 0 Å². The Kier molecular flexibility index (Phi) is 28.8. The first kappa shape index (κ1) is 53.3. The molecule has 1 aliphatic rings. The van der Waals surface area contributed by atoms with E-state index in [1.807, 2.05) is 0 Å². The molecule has 0 bridgehead atoms. The van der Waals surface area contributed by atoms with E-state index in [-0.39, 0.29) is 0 Å². The van der Waals surface area contributed by atoms with Crippen LogP contribution in [-0.4, -0.2) is 42.9 Å². The van der Waals surface area contributed by atoms with E-state index in [1.165, 1.54) is 0 Å². The maximum atomic E-state index is 13.2. The van der Waals surface area contributed by atoms with E-state index < -0.39 is 68.9 Å². The monoisotopic (exact) mass is 941 g/mol. The van der Waals surface area contributed by atoms with Crippen LogP contribution >= 0.6 is 31.3 Å². The van der Waals surface area contributed by atoms with Crippen LogP contribution in [0.4, 0.5) is 0 Å². The van der Waals surface area contributed by atoms with Crippen molar-refractivity contribution in [2.24, 2.45) is 0 Å². The first-order valence-electron chi connectivity index (χ1n) is 11.1. The summed E-state index contributed by atoms with van der Waals surface area (Å²) in [5.41, 5.74) is 0. The van der Waals surface area contributed by atoms with Crippen molar-refractivity contribution in [1.82, 2.24) is 0 Å². The predicted octanol–water partition coefficient (Wildman–Crippen LogP) is -7.91. The Labute approximate surface area is 296 Å². The Morgan fingerprint density at radius 1 is 0.482 bits per heavy atom. The van der Waals surface area contributed by atoms with E-state index in [1.54, 1.807) is 0 Å². The fourth-order valence-corrected chi connectivity index (χ4v) is 4.60. The van der Waals surface area contributed by atoms with E-state index in [2.05, 4.69) is 163 Å². The smallest absolute Gasteiger partial charge is 0.534 e. The van der Waals surface area contributed by atoms with Gasteiger partial charge in [-0.2, -0.15) is 0 Å². The lowest BCUT2D eigenvalue weighted by Gasteiger charge is -2.47. The van der Waals surface area contributed by atoms with Crippen LogP contribution < -0.4 is 34.6 Å². The molecule has 336 valence electrons. The van der Waals surface area contributed by atoms with E-state index >= 15 is 0 Å². The van der Waals surface area contributed by atoms with Crippen molar-refractivity contribution in [2.75, 3.05) is 13.2 Å². The van der Waals surface area contributed by atoms with Gasteiger partial charge in [-0.25, -0.2) is 9.82 Å². The first-order chi connectivity index (χ1) is 26.5. The minimum atomic E-state index is -6.38. The molecule has 1 N–H and O–H groups in total. The molecule has 1 heterocycles. The zero-order valence-electron chi connectivity index (χ0n) is 24.3. The highest BCUT2D eigenvalue weighted by molar-refractivity contribution is 7.48. The molecule has 5 atom stereocenters. The van der Waals surface area contributed by atoms with Gasteiger partial charge < -0.3 is 66.6 Å². The molecular formula is C6H9O46P4-7. The summed E-state index contributed by atoms with van der Waals surface area (Å²) in [7, 11) is -24.7. The quantitative estimate of drug-likeness (QED) is 0.0260. The van der Waals surface area contributed by atoms with Crippen LogP contribution in [0.1, 0.15) is 0 Å². The highest BCUT2D eigenvalue weighted by Crippen LogP contribution is 2.54. The number of phosphoric acid groups is 4. The molecule has 56 heavy (non-hydrogen) atoms. The minimum Gasteiger partial charge on any atom is -0.790 e. The highest BCUT2D eigenvalue weighted by Gasteiger charge is 2.50. The van der Waals surface area contributed by atoms with Gasteiger partial charge in [0.05, 0.1) is 36.7 Å². The molecule has 50 heteroatoms. The summed E-state index contributed by atoms with van der Waals surface area (Å²) in [6, 6.07) is 0. The Morgan fingerprint density at radius 3 is 1.21 bits per heavy atom. The molecule has 0 aromatic rings. The molecule has 0 amide bonds. The maximum absolute atomic E-state index is 13.2. The maximum Gasteiger partial charge on any atom is 0.534 e. The Hall–Kier alpha value is -0.760. The second-order valence-electron chi connectivity index (χ2n) is 6.73. The summed E-state index contributed by atoms with van der Waals surface area (Å²) in [5.74, 6) is 0. The fourth-order valence-electron chi connectivity index (χ4n) is 2.36. The van der Waals surface area contributed by atoms with Crippen LogP contribution in [0.3, 0.4) is 0 Å². The number of phosphoric ester groups is 3. The summed E-state index contributed by atoms with van der Waals surface area (Å²) >= 11 is 0. The van der Waals surface area contributed by atoms with Gasteiger partial charge in [-0.05, 0) is 131 Å². The first-order valence-corrected chi connectivity index (χ1v) is 16.9. The van der Waals surface area contributed by atoms with Gasteiger partial charge in [-0.3, -0.25) is 9.56 Å². The van der Waals surface area contributed by atoms with Crippen molar-refractivity contribution in [3.8, 4) is 0 Å². The lowest BCUT2D eigenvalue weighted by Crippen LogP contribution is -2.57. The van der Waals surface area contributed by atoms with Crippen molar-refractivity contribution in [3.05, 3.63) is 0 Å². The fraction of sp³-hybridized carbons (Fsp3) is 1.00. The van der Waals surface area contributed by atoms with Crippen LogP contribution in [0.15, 0.2) is 0 Å². The molecule has 0 spiro atoms. The van der Waals surface area contributed by atoms with Crippen molar-refractivity contribution in [1.29, 1.82) is 0 Å². The second kappa shape index (κ2) is 30.3. The average molecular weight is 941 g/mol. The Bertz CT molecular complexity index is 1140. The molecule has 1 saturated heterocycles. The predicted molar refractivity (Wildman–Crippen MR) is 94.8 cm³/mol. The third-order valence-electron chi connectivity index (χ3n) is 3.63. The largest absolute Gasteiger partial charge is 0.790 e. The highest BCUT2D eigenvalue weighted by atomic mass is 31.2. The average Bonchev–Trinajstić information content (AvgIpc) is 3.10. The van der Waals surface area contributed by atoms with Crippen molar-refractivity contribution in [2.45, 2.75) is 24.4 Å². The summed E-state index contributed by atoms with van der Waals surface area (Å²) in [6.45, 7) is -2.92. The van der Waals surface area contributed by atoms with E-state index in [4.69, 9.17) is 9.99 Å². The Balaban J connectivity index is 2.91. The van der Waals surface area contributed by atoms with Gasteiger partial charge in [-0.15, -0.1) is 0 Å². The van der Waals surface area contributed by atoms with Gasteiger partial charge >= 0.3 is 7.82 Å². The molecule has 0 aromatic heterocycles. The molecular weight excluding hydrogens is 932 g/mol. The van der Waals surface area contributed by atoms with Crippen LogP contribution in [0, 0.1) is 0 Å². The zero-order valence-corrected chi connectivity index (χ0v) is 27.9. The van der Waals surface area contributed by atoms with Crippen LogP contribution in [-0.2, 0) is 186 Å². The zero-order chi connectivity index (χ0) is 41.8. The molecule has 0 radical (unpaired) electrons. The molecule has 0 aliphatic carbocycles. The van der Waals surface area contributed by atoms with Crippen molar-refractivity contribution < 1.29 is 226 Å². The van der Waals surface area contributed by atoms with Gasteiger partial charge in [0, 0.05) is 0 Å². The molecule has 46 nitrogen and oxygen atoms in total. The number of hydrogen-bond donors (Lipinski definition) is 1. The lowest BCUT2D eigenvalue weighted by atomic mass is 10.0. The normalized spacial score (nSPS) is 20.7. The van der Waals surface area contributed by atoms with Crippen LogP contribution in [0.25, 0.3) is 0 Å². The van der Waals surface area contributed by atoms with Gasteiger partial charge in [-0.1, -0.05) is 9.35 Å². The van der Waals surface area contributed by atoms with Crippen molar-refractivity contribution >= 4 is 31.3 Å². The van der Waals surface area contributed by atoms with Crippen molar-refractivity contribution in [3.63, 3.8) is 0 Å². The summed E-state index contributed by atoms with van der Waals surface area (Å²) in [4.78, 5) is 67.3. The number of ether oxygens (including phenoxy) is 1. The molecule has 1 rings (SSSR count). The third-order valence-corrected chi connectivity index (χ3v) is 6.12. The standard InChI is InChI=1S/C6H16O46P4/c7-24-26-28-30-32-34-36-38-40-42-44-46-48-50-52-56(18,51-49-47-45-43-41-39-37-35-33-31-29-27-25-8)23-5-3(2-20-53(9,10)11)19-1-4(21-54(12,13)14)6(5)22-55(15,16)17/h3-8H,1-2H2,(H2,9,10,11)(H2,12,13,14)(H2,15,16,17)/p-7/t3?,4?,5-,6+,56?/m1/s1. The second-order valence-corrected chi connectivity index (χ2v) is 11.5. The number of hydrogen-bond acceptors (Lipinski definition) is 46. The van der Waals surface area contributed by atoms with E-state index in [0.29, 0.717) is 0 Å². The summed E-state index contributed by atoms with van der Waals surface area (Å²) in [5, 5.41) is 108. The SMILES string of the molecule is O=P([O-])([O-])OCC1OCC(OP(=O)([O-])[O-])[C@H](OP(=O)([O-])[O-])[C@@H]1OP(=O)(OOOOOOOOOOOOOOO)OOOOOOOOOOOOOOO[O-]. The van der Waals surface area contributed by atoms with Crippen LogP contribution in [0.5, 0.6) is 0 Å². The molecule has 1 fully saturated rings. The van der Waals surface area contributed by atoms with Gasteiger partial charge in [0.25, 0.3) is 0 Å². The molecule has 3 unspecified atom stereocenters. The molecule has 1 aliphatic heterocycles. The van der Waals surface area contributed by atoms with Gasteiger partial charge in [0.1, 0.15) is 24.4 Å². The molecule has 0 saturated carbocycles. The summed E-state index contributed by atoms with van der Waals surface area (Å²) < 4.78 is 76.2. The third kappa shape index (κ3) is 29.4. The lowest BCUT2D eigenvalue weighted by molar-refractivity contribution is -0.918. The molecule has 0 aromatic carbocycles. The van der Waals surface area contributed by atoms with E-state index in [9.17, 15) is 52.9 Å². The number of rotatable bonds is 38. The van der Waals surface area contributed by atoms with Crippen LogP contribution in [0.2, 0.25) is 0 Å². The summed E-state index contributed by atoms with van der Waals surface area (Å²) in [6.07, 6.45) is -10.7. The minimum absolute atomic E-state index is 1.32. The van der Waals surface area contributed by atoms with E-state index in [0.717, 1.165) is 0 Å². The Morgan fingerprint density at radius 2 is 0.857 bits per heavy atom. The van der Waals surface area contributed by atoms with Gasteiger partial charge in [0.15, 0.2) is 0 Å².